The number of nitrogens with one attached hydrogen (secondary N) is 2. The number of hydrogen-bond acceptors (Lipinski definition) is 7. The first kappa shape index (κ1) is 22.8. The molecular weight excluding hydrogens is 412 g/mol. The molecule has 0 saturated heterocycles. The van der Waals surface area contributed by atoms with Crippen LogP contribution in [-0.4, -0.2) is 46.6 Å². The Bertz CT molecular complexity index is 876. The molecule has 8 nitrogen and oxygen atoms in total. The molecule has 2 rings (SSSR count). The van der Waals surface area contributed by atoms with Gasteiger partial charge in [0.1, 0.15) is 9.88 Å². The Hall–Kier alpha value is -2.46. The minimum Gasteiger partial charge on any atom is -0.462 e. The number of anilines is 1. The molecule has 0 spiro atoms. The van der Waals surface area contributed by atoms with E-state index in [4.69, 9.17) is 21.7 Å². The first-order valence-electron chi connectivity index (χ1n) is 9.38. The molecule has 0 atom stereocenters. The van der Waals surface area contributed by atoms with Crippen LogP contribution in [0, 0.1) is 13.8 Å². The van der Waals surface area contributed by atoms with Gasteiger partial charge in [0.2, 0.25) is 0 Å². The molecule has 0 aliphatic carbocycles. The Morgan fingerprint density at radius 3 is 2.52 bits per heavy atom. The maximum absolute atomic E-state index is 12.4. The molecule has 29 heavy (non-hydrogen) atoms. The van der Waals surface area contributed by atoms with E-state index in [0.717, 1.165) is 29.9 Å². The number of nitrogens with zero attached hydrogens (tertiary/aromatic N) is 2. The molecule has 2 aromatic heterocycles. The van der Waals surface area contributed by atoms with Gasteiger partial charge in [0.15, 0.2) is 5.11 Å². The first-order chi connectivity index (χ1) is 13.9. The van der Waals surface area contributed by atoms with Gasteiger partial charge in [-0.15, -0.1) is 11.3 Å². The monoisotopic (exact) mass is 438 g/mol. The molecular formula is C19H26N4O4S2. The Kier molecular flexibility index (Phi) is 8.59. The molecule has 0 bridgehead atoms. The molecule has 0 aromatic carbocycles. The summed E-state index contributed by atoms with van der Waals surface area (Å²) in [6.45, 7) is 9.04. The van der Waals surface area contributed by atoms with Gasteiger partial charge in [0, 0.05) is 19.3 Å². The zero-order valence-corrected chi connectivity index (χ0v) is 18.7. The molecule has 0 fully saturated rings. The van der Waals surface area contributed by atoms with Gasteiger partial charge >= 0.3 is 11.9 Å². The van der Waals surface area contributed by atoms with E-state index in [9.17, 15) is 9.59 Å². The number of rotatable bonds is 9. The SMILES string of the molecule is CCOC(=O)c1sc(NC(=S)NCCCn2cc(C)cn2)c(C(=O)OCC)c1C. The van der Waals surface area contributed by atoms with E-state index < -0.39 is 11.9 Å². The Labute approximate surface area is 179 Å². The van der Waals surface area contributed by atoms with E-state index in [1.54, 1.807) is 20.8 Å². The molecule has 2 N–H and O–H groups in total. The van der Waals surface area contributed by atoms with E-state index in [2.05, 4.69) is 15.7 Å². The highest BCUT2D eigenvalue weighted by Gasteiger charge is 2.26. The van der Waals surface area contributed by atoms with E-state index in [1.165, 1.54) is 0 Å². The molecule has 0 aliphatic rings. The Morgan fingerprint density at radius 1 is 1.21 bits per heavy atom. The van der Waals surface area contributed by atoms with E-state index >= 15 is 0 Å². The highest BCUT2D eigenvalue weighted by atomic mass is 32.1. The molecule has 0 radical (unpaired) electrons. The maximum Gasteiger partial charge on any atom is 0.348 e. The third-order valence-electron chi connectivity index (χ3n) is 3.93. The van der Waals surface area contributed by atoms with Crippen molar-refractivity contribution in [3.63, 3.8) is 0 Å². The minimum absolute atomic E-state index is 0.234. The van der Waals surface area contributed by atoms with Crippen LogP contribution < -0.4 is 10.6 Å². The third-order valence-corrected chi connectivity index (χ3v) is 5.36. The smallest absolute Gasteiger partial charge is 0.348 e. The van der Waals surface area contributed by atoms with Crippen LogP contribution in [0.3, 0.4) is 0 Å². The fourth-order valence-corrected chi connectivity index (χ4v) is 3.98. The second kappa shape index (κ2) is 10.9. The van der Waals surface area contributed by atoms with Crippen LogP contribution in [0.4, 0.5) is 5.00 Å². The summed E-state index contributed by atoms with van der Waals surface area (Å²) in [6, 6.07) is 0. The Morgan fingerprint density at radius 2 is 1.90 bits per heavy atom. The maximum atomic E-state index is 12.4. The average Bonchev–Trinajstić information content (AvgIpc) is 3.22. The van der Waals surface area contributed by atoms with Gasteiger partial charge in [-0.05, 0) is 57.5 Å². The lowest BCUT2D eigenvalue weighted by Gasteiger charge is -2.11. The van der Waals surface area contributed by atoms with Crippen LogP contribution in [0.25, 0.3) is 0 Å². The second-order valence-corrected chi connectivity index (χ2v) is 7.65. The molecule has 158 valence electrons. The van der Waals surface area contributed by atoms with Crippen molar-refractivity contribution in [2.75, 3.05) is 25.1 Å². The quantitative estimate of drug-likeness (QED) is 0.350. The largest absolute Gasteiger partial charge is 0.462 e. The van der Waals surface area contributed by atoms with Crippen LogP contribution in [-0.2, 0) is 16.0 Å². The van der Waals surface area contributed by atoms with Crippen molar-refractivity contribution >= 4 is 45.6 Å². The number of aryl methyl sites for hydroxylation is 2. The summed E-state index contributed by atoms with van der Waals surface area (Å²) in [4.78, 5) is 25.0. The molecule has 0 unspecified atom stereocenters. The first-order valence-corrected chi connectivity index (χ1v) is 10.6. The lowest BCUT2D eigenvalue weighted by Crippen LogP contribution is -2.30. The second-order valence-electron chi connectivity index (χ2n) is 6.22. The average molecular weight is 439 g/mol. The van der Waals surface area contributed by atoms with Gasteiger partial charge in [-0.3, -0.25) is 4.68 Å². The van der Waals surface area contributed by atoms with E-state index in [0.29, 0.717) is 32.7 Å². The van der Waals surface area contributed by atoms with Crippen molar-refractivity contribution in [2.45, 2.75) is 40.7 Å². The number of thiocarbonyl (C=S) groups is 1. The summed E-state index contributed by atoms with van der Waals surface area (Å²) >= 11 is 6.47. The van der Waals surface area contributed by atoms with Crippen molar-refractivity contribution in [2.24, 2.45) is 0 Å². The summed E-state index contributed by atoms with van der Waals surface area (Å²) in [6.07, 6.45) is 4.62. The van der Waals surface area contributed by atoms with Crippen molar-refractivity contribution in [3.05, 3.63) is 34.0 Å². The van der Waals surface area contributed by atoms with Crippen LogP contribution in [0.1, 0.15) is 51.4 Å². The normalized spacial score (nSPS) is 10.5. The zero-order chi connectivity index (χ0) is 21.4. The fraction of sp³-hybridized carbons (Fsp3) is 0.474. The third kappa shape index (κ3) is 6.26. The van der Waals surface area contributed by atoms with Crippen molar-refractivity contribution < 1.29 is 19.1 Å². The number of carbonyl (C=O) groups excluding carboxylic acids is 2. The van der Waals surface area contributed by atoms with Crippen LogP contribution in [0.5, 0.6) is 0 Å². The highest BCUT2D eigenvalue weighted by Crippen LogP contribution is 2.34. The zero-order valence-electron chi connectivity index (χ0n) is 17.0. The topological polar surface area (TPSA) is 94.5 Å². The summed E-state index contributed by atoms with van der Waals surface area (Å²) < 4.78 is 12.1. The predicted octanol–water partition coefficient (Wildman–Crippen LogP) is 3.29. The molecule has 0 aliphatic heterocycles. The van der Waals surface area contributed by atoms with Gasteiger partial charge < -0.3 is 20.1 Å². The molecule has 2 heterocycles. The van der Waals surface area contributed by atoms with Crippen molar-refractivity contribution in [1.29, 1.82) is 0 Å². The summed E-state index contributed by atoms with van der Waals surface area (Å²) in [5.41, 5.74) is 1.94. The number of ether oxygens (including phenoxy) is 2. The highest BCUT2D eigenvalue weighted by molar-refractivity contribution is 7.80. The number of carbonyl (C=O) groups is 2. The Balaban J connectivity index is 2.02. The molecule has 0 amide bonds. The van der Waals surface area contributed by atoms with E-state index in [1.807, 2.05) is 24.0 Å². The number of aromatic nitrogens is 2. The lowest BCUT2D eigenvalue weighted by molar-refractivity contribution is 0.0527. The van der Waals surface area contributed by atoms with Crippen LogP contribution >= 0.6 is 23.6 Å². The van der Waals surface area contributed by atoms with Gasteiger partial charge in [-0.1, -0.05) is 0 Å². The lowest BCUT2D eigenvalue weighted by atomic mass is 10.1. The summed E-state index contributed by atoms with van der Waals surface area (Å²) in [7, 11) is 0. The van der Waals surface area contributed by atoms with Crippen LogP contribution in [0.15, 0.2) is 12.4 Å². The van der Waals surface area contributed by atoms with Crippen molar-refractivity contribution in [1.82, 2.24) is 15.1 Å². The van der Waals surface area contributed by atoms with Gasteiger partial charge in [0.25, 0.3) is 0 Å². The van der Waals surface area contributed by atoms with Gasteiger partial charge in [-0.2, -0.15) is 5.10 Å². The minimum atomic E-state index is -0.504. The molecule has 0 saturated carbocycles. The van der Waals surface area contributed by atoms with Crippen LogP contribution in [0.2, 0.25) is 0 Å². The van der Waals surface area contributed by atoms with Gasteiger partial charge in [-0.25, -0.2) is 9.59 Å². The molecule has 10 heteroatoms. The van der Waals surface area contributed by atoms with Gasteiger partial charge in [0.05, 0.1) is 25.0 Å². The number of esters is 2. The predicted molar refractivity (Wildman–Crippen MR) is 117 cm³/mol. The standard InChI is InChI=1S/C19H26N4O4S2/c1-5-26-17(24)14-13(4)15(18(25)27-6-2)29-16(14)22-19(28)20-8-7-9-23-11-12(3)10-21-23/h10-11H,5-9H2,1-4H3,(H2,20,22,28). The fourth-order valence-electron chi connectivity index (χ4n) is 2.62. The number of thiophene rings is 1. The summed E-state index contributed by atoms with van der Waals surface area (Å²) in [5.74, 6) is -0.974. The molecule has 2 aromatic rings. The summed E-state index contributed by atoms with van der Waals surface area (Å²) in [5, 5.41) is 11.2. The van der Waals surface area contributed by atoms with E-state index in [-0.39, 0.29) is 13.2 Å². The number of hydrogen-bond donors (Lipinski definition) is 2. The van der Waals surface area contributed by atoms with Crippen molar-refractivity contribution in [3.8, 4) is 0 Å².